The third kappa shape index (κ3) is 4.28. The molecule has 0 amide bonds. The number of hydrogen-bond donors (Lipinski definition) is 1. The predicted octanol–water partition coefficient (Wildman–Crippen LogP) is 5.03. The number of methoxy groups -OCH3 is 1. The fourth-order valence-electron chi connectivity index (χ4n) is 5.51. The van der Waals surface area contributed by atoms with Crippen molar-refractivity contribution in [2.45, 2.75) is 83.1 Å². The van der Waals surface area contributed by atoms with Gasteiger partial charge in [0.2, 0.25) is 0 Å². The zero-order valence-corrected chi connectivity index (χ0v) is 22.0. The van der Waals surface area contributed by atoms with E-state index in [1.807, 2.05) is 39.8 Å². The summed E-state index contributed by atoms with van der Waals surface area (Å²) < 4.78 is 28.7. The Kier molecular flexibility index (Phi) is 7.41. The van der Waals surface area contributed by atoms with Crippen LogP contribution in [0.2, 0.25) is 0 Å². The molecule has 2 aliphatic carbocycles. The van der Waals surface area contributed by atoms with Gasteiger partial charge in [0.1, 0.15) is 0 Å². The van der Waals surface area contributed by atoms with E-state index in [0.29, 0.717) is 5.92 Å². The van der Waals surface area contributed by atoms with Crippen molar-refractivity contribution < 1.29 is 18.5 Å². The molecule has 0 aliphatic heterocycles. The molecule has 0 unspecified atom stereocenters. The van der Waals surface area contributed by atoms with Gasteiger partial charge in [-0.1, -0.05) is 35.3 Å². The SMILES string of the molecule is CCOC(=O)[C@]1(N[S@](=O)C(C)(C)C)c2cc(Br)ccc2C[C@@]12CC[C@H](OC)[C@@H](CC)C2. The maximum absolute atomic E-state index is 13.9. The molecule has 5 atom stereocenters. The first kappa shape index (κ1) is 24.9. The van der Waals surface area contributed by atoms with Gasteiger partial charge < -0.3 is 9.47 Å². The largest absolute Gasteiger partial charge is 0.464 e. The molecule has 1 spiro atoms. The summed E-state index contributed by atoms with van der Waals surface area (Å²) in [5.41, 5.74) is 0.440. The van der Waals surface area contributed by atoms with Gasteiger partial charge in [-0.05, 0) is 82.6 Å². The van der Waals surface area contributed by atoms with Crippen LogP contribution in [0.15, 0.2) is 22.7 Å². The zero-order chi connectivity index (χ0) is 23.0. The van der Waals surface area contributed by atoms with Crippen LogP contribution >= 0.6 is 15.9 Å². The van der Waals surface area contributed by atoms with E-state index in [1.165, 1.54) is 0 Å². The standard InChI is InChI=1S/C24H36BrNO4S/c1-7-16-14-23(12-11-20(16)29-6)15-17-9-10-18(25)13-19(17)24(23,21(27)30-8-2)26-31(28)22(3,4)5/h9-10,13,16,20,26H,7-8,11-12,14-15H2,1-6H3/t16-,20-,23-,24+,31+/m0/s1. The Balaban J connectivity index is 2.23. The molecule has 1 N–H and O–H groups in total. The number of rotatable bonds is 6. The fourth-order valence-corrected chi connectivity index (χ4v) is 6.86. The van der Waals surface area contributed by atoms with Crippen LogP contribution in [0.5, 0.6) is 0 Å². The van der Waals surface area contributed by atoms with Crippen molar-refractivity contribution in [3.05, 3.63) is 33.8 Å². The highest BCUT2D eigenvalue weighted by molar-refractivity contribution is 9.10. The lowest BCUT2D eigenvalue weighted by Crippen LogP contribution is -2.63. The second-order valence-corrected chi connectivity index (χ2v) is 12.8. The minimum absolute atomic E-state index is 0.180. The van der Waals surface area contributed by atoms with Crippen LogP contribution in [0.25, 0.3) is 0 Å². The molecule has 0 aromatic heterocycles. The highest BCUT2D eigenvalue weighted by atomic mass is 79.9. The first-order valence-corrected chi connectivity index (χ1v) is 13.2. The fraction of sp³-hybridized carbons (Fsp3) is 0.708. The first-order chi connectivity index (χ1) is 14.5. The quantitative estimate of drug-likeness (QED) is 0.541. The third-order valence-electron chi connectivity index (χ3n) is 7.10. The third-order valence-corrected chi connectivity index (χ3v) is 9.19. The van der Waals surface area contributed by atoms with Crippen LogP contribution in [-0.2, 0) is 37.2 Å². The number of carbonyl (C=O) groups is 1. The summed E-state index contributed by atoms with van der Waals surface area (Å²) in [6, 6.07) is 6.12. The van der Waals surface area contributed by atoms with E-state index in [4.69, 9.17) is 9.47 Å². The van der Waals surface area contributed by atoms with Gasteiger partial charge in [0.25, 0.3) is 0 Å². The summed E-state index contributed by atoms with van der Waals surface area (Å²) in [6.45, 7) is 10.1. The second-order valence-electron chi connectivity index (χ2n) is 9.90. The molecule has 0 bridgehead atoms. The molecule has 2 aliphatic rings. The van der Waals surface area contributed by atoms with Crippen molar-refractivity contribution in [2.75, 3.05) is 13.7 Å². The molecule has 1 saturated carbocycles. The Labute approximate surface area is 197 Å². The maximum atomic E-state index is 13.9. The zero-order valence-electron chi connectivity index (χ0n) is 19.5. The highest BCUT2D eigenvalue weighted by Crippen LogP contribution is 2.60. The summed E-state index contributed by atoms with van der Waals surface area (Å²) in [5, 5.41) is 0. The number of carbonyl (C=O) groups excluding carboxylic acids is 1. The second kappa shape index (κ2) is 9.24. The summed E-state index contributed by atoms with van der Waals surface area (Å²) in [5.74, 6) is 0.00495. The van der Waals surface area contributed by atoms with Gasteiger partial charge in [-0.25, -0.2) is 13.7 Å². The lowest BCUT2D eigenvalue weighted by atomic mass is 9.58. The monoisotopic (exact) mass is 513 g/mol. The van der Waals surface area contributed by atoms with Crippen LogP contribution in [0.3, 0.4) is 0 Å². The first-order valence-electron chi connectivity index (χ1n) is 11.2. The lowest BCUT2D eigenvalue weighted by Gasteiger charge is -2.51. The summed E-state index contributed by atoms with van der Waals surface area (Å²) in [7, 11) is 0.322. The minimum atomic E-state index is -1.45. The molecular weight excluding hydrogens is 478 g/mol. The Hall–Kier alpha value is -0.760. The van der Waals surface area contributed by atoms with Gasteiger partial charge >= 0.3 is 5.97 Å². The number of hydrogen-bond acceptors (Lipinski definition) is 4. The number of nitrogens with one attached hydrogen (secondary N) is 1. The van der Waals surface area contributed by atoms with Crippen LogP contribution in [0.4, 0.5) is 0 Å². The van der Waals surface area contributed by atoms with E-state index >= 15 is 0 Å². The molecule has 174 valence electrons. The van der Waals surface area contributed by atoms with Gasteiger partial charge in [0.05, 0.1) is 28.4 Å². The molecule has 3 rings (SSSR count). The van der Waals surface area contributed by atoms with E-state index in [-0.39, 0.29) is 18.7 Å². The molecule has 0 radical (unpaired) electrons. The van der Waals surface area contributed by atoms with Crippen molar-refractivity contribution >= 4 is 32.9 Å². The topological polar surface area (TPSA) is 64.6 Å². The van der Waals surface area contributed by atoms with Crippen molar-refractivity contribution in [1.82, 2.24) is 4.72 Å². The molecule has 31 heavy (non-hydrogen) atoms. The van der Waals surface area contributed by atoms with Gasteiger partial charge in [-0.15, -0.1) is 0 Å². The summed E-state index contributed by atoms with van der Waals surface area (Å²) >= 11 is 3.59. The van der Waals surface area contributed by atoms with Crippen molar-refractivity contribution in [2.24, 2.45) is 11.3 Å². The average molecular weight is 515 g/mol. The maximum Gasteiger partial charge on any atom is 0.332 e. The number of benzene rings is 1. The number of fused-ring (bicyclic) bond motifs is 1. The Bertz CT molecular complexity index is 854. The highest BCUT2D eigenvalue weighted by Gasteiger charge is 2.65. The Morgan fingerprint density at radius 2 is 2.03 bits per heavy atom. The Morgan fingerprint density at radius 1 is 1.32 bits per heavy atom. The summed E-state index contributed by atoms with van der Waals surface area (Å²) in [4.78, 5) is 13.9. The van der Waals surface area contributed by atoms with E-state index in [2.05, 4.69) is 33.6 Å². The predicted molar refractivity (Wildman–Crippen MR) is 128 cm³/mol. The minimum Gasteiger partial charge on any atom is -0.464 e. The van der Waals surface area contributed by atoms with Crippen LogP contribution in [0, 0.1) is 11.3 Å². The lowest BCUT2D eigenvalue weighted by molar-refractivity contribution is -0.161. The van der Waals surface area contributed by atoms with Crippen molar-refractivity contribution in [3.8, 4) is 0 Å². The molecule has 0 heterocycles. The van der Waals surface area contributed by atoms with E-state index in [1.54, 1.807) is 7.11 Å². The molecule has 0 saturated heterocycles. The van der Waals surface area contributed by atoms with Gasteiger partial charge in [-0.3, -0.25) is 0 Å². The smallest absolute Gasteiger partial charge is 0.332 e. The van der Waals surface area contributed by atoms with E-state index < -0.39 is 26.7 Å². The van der Waals surface area contributed by atoms with Crippen LogP contribution in [0.1, 0.15) is 71.4 Å². The average Bonchev–Trinajstić information content (AvgIpc) is 2.96. The molecular formula is C24H36BrNO4S. The molecule has 1 aromatic carbocycles. The number of halogens is 1. The summed E-state index contributed by atoms with van der Waals surface area (Å²) in [6.07, 6.45) is 4.41. The van der Waals surface area contributed by atoms with Crippen molar-refractivity contribution in [3.63, 3.8) is 0 Å². The molecule has 7 heteroatoms. The number of ether oxygens (including phenoxy) is 2. The van der Waals surface area contributed by atoms with E-state index in [9.17, 15) is 9.00 Å². The van der Waals surface area contributed by atoms with Gasteiger partial charge in [0.15, 0.2) is 5.54 Å². The van der Waals surface area contributed by atoms with Gasteiger partial charge in [-0.2, -0.15) is 0 Å². The van der Waals surface area contributed by atoms with Crippen LogP contribution < -0.4 is 4.72 Å². The molecule has 1 fully saturated rings. The number of esters is 1. The van der Waals surface area contributed by atoms with Gasteiger partial charge in [0, 0.05) is 17.0 Å². The Morgan fingerprint density at radius 3 is 2.61 bits per heavy atom. The molecule has 1 aromatic rings. The van der Waals surface area contributed by atoms with Crippen LogP contribution in [-0.4, -0.2) is 34.7 Å². The normalized spacial score (nSPS) is 31.5. The van der Waals surface area contributed by atoms with Crippen molar-refractivity contribution in [1.29, 1.82) is 0 Å². The molecule has 5 nitrogen and oxygen atoms in total. The van der Waals surface area contributed by atoms with E-state index in [0.717, 1.165) is 47.7 Å².